The van der Waals surface area contributed by atoms with E-state index >= 15 is 0 Å². The van der Waals surface area contributed by atoms with Gasteiger partial charge in [-0.05, 0) is 52.6 Å². The molecule has 2 unspecified atom stereocenters. The quantitative estimate of drug-likeness (QED) is 0.674. The number of hydrogen-bond acceptors (Lipinski definition) is 2. The van der Waals surface area contributed by atoms with Gasteiger partial charge in [0.05, 0.1) is 0 Å². The minimum absolute atomic E-state index is 0.610. The fraction of sp³-hybridized carbons (Fsp3) is 1.00. The minimum atomic E-state index is 0.610. The van der Waals surface area contributed by atoms with Gasteiger partial charge in [0.2, 0.25) is 0 Å². The van der Waals surface area contributed by atoms with Crippen molar-refractivity contribution in [3.05, 3.63) is 0 Å². The molecule has 2 heteroatoms. The summed E-state index contributed by atoms with van der Waals surface area (Å²) in [7, 11) is 2.26. The maximum absolute atomic E-state index is 3.56. The van der Waals surface area contributed by atoms with E-state index in [2.05, 4.69) is 38.0 Å². The number of hydrogen-bond donors (Lipinski definition) is 1. The number of nitrogens with zero attached hydrogens (tertiary/aromatic N) is 1. The van der Waals surface area contributed by atoms with Crippen LogP contribution in [0, 0.1) is 5.92 Å². The van der Waals surface area contributed by atoms with Crippen LogP contribution in [-0.4, -0.2) is 37.1 Å². The lowest BCUT2D eigenvalue weighted by Gasteiger charge is -2.30. The van der Waals surface area contributed by atoms with E-state index in [-0.39, 0.29) is 0 Å². The summed E-state index contributed by atoms with van der Waals surface area (Å²) < 4.78 is 0. The lowest BCUT2D eigenvalue weighted by Crippen LogP contribution is -2.46. The average Bonchev–Trinajstić information content (AvgIpc) is 2.96. The van der Waals surface area contributed by atoms with E-state index in [1.54, 1.807) is 0 Å². The van der Waals surface area contributed by atoms with Crippen LogP contribution in [0.25, 0.3) is 0 Å². The van der Waals surface area contributed by atoms with Crippen LogP contribution < -0.4 is 5.32 Å². The van der Waals surface area contributed by atoms with Crippen molar-refractivity contribution in [2.45, 2.75) is 52.1 Å². The number of nitrogens with one attached hydrogen (secondary N) is 1. The molecule has 0 bridgehead atoms. The predicted octanol–water partition coefficient (Wildman–Crippen LogP) is 2.10. The monoisotopic (exact) mass is 198 g/mol. The summed E-state index contributed by atoms with van der Waals surface area (Å²) in [6.45, 7) is 9.28. The third-order valence-corrected chi connectivity index (χ3v) is 3.38. The van der Waals surface area contributed by atoms with Gasteiger partial charge in [-0.3, -0.25) is 0 Å². The highest BCUT2D eigenvalue weighted by atomic mass is 15.2. The lowest BCUT2D eigenvalue weighted by molar-refractivity contribution is 0.206. The third kappa shape index (κ3) is 3.97. The van der Waals surface area contributed by atoms with E-state index < -0.39 is 0 Å². The van der Waals surface area contributed by atoms with E-state index in [1.165, 1.54) is 25.8 Å². The Labute approximate surface area is 89.1 Å². The number of likely N-dealkylation sites (N-methyl/N-ethyl adjacent to an activating group) is 1. The minimum Gasteiger partial charge on any atom is -0.313 e. The van der Waals surface area contributed by atoms with Gasteiger partial charge in [-0.25, -0.2) is 0 Å². The molecule has 0 aromatic carbocycles. The van der Waals surface area contributed by atoms with Crippen molar-refractivity contribution in [3.8, 4) is 0 Å². The molecule has 1 fully saturated rings. The average molecular weight is 198 g/mol. The van der Waals surface area contributed by atoms with Gasteiger partial charge in [-0.2, -0.15) is 0 Å². The van der Waals surface area contributed by atoms with Crippen molar-refractivity contribution < 1.29 is 0 Å². The zero-order chi connectivity index (χ0) is 10.6. The smallest absolute Gasteiger partial charge is 0.0215 e. The summed E-state index contributed by atoms with van der Waals surface area (Å²) in [6.07, 6.45) is 4.13. The van der Waals surface area contributed by atoms with Crippen molar-refractivity contribution in [1.82, 2.24) is 10.2 Å². The largest absolute Gasteiger partial charge is 0.313 e. The highest BCUT2D eigenvalue weighted by Crippen LogP contribution is 2.29. The van der Waals surface area contributed by atoms with Crippen LogP contribution in [0.5, 0.6) is 0 Å². The maximum atomic E-state index is 3.56. The van der Waals surface area contributed by atoms with E-state index in [0.717, 1.165) is 12.5 Å². The van der Waals surface area contributed by atoms with E-state index in [0.29, 0.717) is 12.1 Å². The number of rotatable bonds is 7. The van der Waals surface area contributed by atoms with Crippen LogP contribution in [0.3, 0.4) is 0 Å². The van der Waals surface area contributed by atoms with E-state index in [1.807, 2.05) is 0 Å². The highest BCUT2D eigenvalue weighted by molar-refractivity contribution is 4.81. The van der Waals surface area contributed by atoms with Crippen molar-refractivity contribution in [2.75, 3.05) is 20.1 Å². The first-order chi connectivity index (χ1) is 6.65. The zero-order valence-corrected chi connectivity index (χ0v) is 10.2. The topological polar surface area (TPSA) is 15.3 Å². The van der Waals surface area contributed by atoms with Gasteiger partial charge in [0.15, 0.2) is 0 Å². The lowest BCUT2D eigenvalue weighted by atomic mass is 10.1. The molecule has 0 radical (unpaired) electrons. The highest BCUT2D eigenvalue weighted by Gasteiger charge is 2.26. The molecule has 14 heavy (non-hydrogen) atoms. The summed E-state index contributed by atoms with van der Waals surface area (Å²) in [4.78, 5) is 2.50. The Balaban J connectivity index is 2.18. The van der Waals surface area contributed by atoms with Gasteiger partial charge in [-0.15, -0.1) is 0 Å². The molecule has 0 amide bonds. The second-order valence-corrected chi connectivity index (χ2v) is 4.87. The normalized spacial score (nSPS) is 21.2. The molecule has 0 saturated heterocycles. The molecule has 0 spiro atoms. The SMILES string of the molecule is CCCNC(C)C(C)N(C)CC1CC1. The van der Waals surface area contributed by atoms with Gasteiger partial charge < -0.3 is 10.2 Å². The van der Waals surface area contributed by atoms with Crippen molar-refractivity contribution >= 4 is 0 Å². The summed E-state index contributed by atoms with van der Waals surface area (Å²) in [5.41, 5.74) is 0. The molecule has 1 N–H and O–H groups in total. The Morgan fingerprint density at radius 2 is 2.00 bits per heavy atom. The summed E-state index contributed by atoms with van der Waals surface area (Å²) >= 11 is 0. The third-order valence-electron chi connectivity index (χ3n) is 3.38. The molecule has 84 valence electrons. The van der Waals surface area contributed by atoms with Crippen molar-refractivity contribution in [3.63, 3.8) is 0 Å². The molecular formula is C12H26N2. The van der Waals surface area contributed by atoms with Crippen LogP contribution in [0.15, 0.2) is 0 Å². The molecule has 1 aliphatic rings. The molecule has 0 aromatic heterocycles. The molecule has 2 atom stereocenters. The summed E-state index contributed by atoms with van der Waals surface area (Å²) in [6, 6.07) is 1.26. The fourth-order valence-electron chi connectivity index (χ4n) is 1.80. The predicted molar refractivity (Wildman–Crippen MR) is 62.6 cm³/mol. The molecule has 0 aliphatic heterocycles. The first kappa shape index (κ1) is 12.0. The van der Waals surface area contributed by atoms with Gasteiger partial charge in [-0.1, -0.05) is 6.92 Å². The van der Waals surface area contributed by atoms with Gasteiger partial charge in [0, 0.05) is 18.6 Å². The second-order valence-electron chi connectivity index (χ2n) is 4.87. The van der Waals surface area contributed by atoms with Gasteiger partial charge in [0.1, 0.15) is 0 Å². The summed E-state index contributed by atoms with van der Waals surface area (Å²) in [5, 5.41) is 3.56. The van der Waals surface area contributed by atoms with E-state index in [4.69, 9.17) is 0 Å². The molecule has 1 saturated carbocycles. The Hall–Kier alpha value is -0.0800. The first-order valence-corrected chi connectivity index (χ1v) is 6.08. The molecule has 1 rings (SSSR count). The van der Waals surface area contributed by atoms with Crippen LogP contribution in [-0.2, 0) is 0 Å². The molecular weight excluding hydrogens is 172 g/mol. The van der Waals surface area contributed by atoms with Gasteiger partial charge in [0.25, 0.3) is 0 Å². The molecule has 2 nitrogen and oxygen atoms in total. The van der Waals surface area contributed by atoms with Crippen LogP contribution in [0.2, 0.25) is 0 Å². The van der Waals surface area contributed by atoms with Gasteiger partial charge >= 0.3 is 0 Å². The van der Waals surface area contributed by atoms with E-state index in [9.17, 15) is 0 Å². The van der Waals surface area contributed by atoms with Crippen LogP contribution in [0.4, 0.5) is 0 Å². The summed E-state index contributed by atoms with van der Waals surface area (Å²) in [5.74, 6) is 1.00. The molecule has 0 aromatic rings. The maximum Gasteiger partial charge on any atom is 0.0215 e. The van der Waals surface area contributed by atoms with Crippen molar-refractivity contribution in [2.24, 2.45) is 5.92 Å². The molecule has 1 aliphatic carbocycles. The first-order valence-electron chi connectivity index (χ1n) is 6.08. The Morgan fingerprint density at radius 1 is 1.36 bits per heavy atom. The fourth-order valence-corrected chi connectivity index (χ4v) is 1.80. The zero-order valence-electron chi connectivity index (χ0n) is 10.2. The van der Waals surface area contributed by atoms with Crippen molar-refractivity contribution in [1.29, 1.82) is 0 Å². The Morgan fingerprint density at radius 3 is 2.50 bits per heavy atom. The molecule has 0 heterocycles. The Bertz CT molecular complexity index is 154. The Kier molecular flexibility index (Phi) is 4.90. The van der Waals surface area contributed by atoms with Crippen LogP contribution in [0.1, 0.15) is 40.0 Å². The van der Waals surface area contributed by atoms with Crippen LogP contribution >= 0.6 is 0 Å². The standard InChI is InChI=1S/C12H26N2/c1-5-8-13-10(2)11(3)14(4)9-12-6-7-12/h10-13H,5-9H2,1-4H3. The second kappa shape index (κ2) is 5.72.